The minimum atomic E-state index is -1.02. The van der Waals surface area contributed by atoms with Gasteiger partial charge in [0, 0.05) is 24.5 Å². The number of nitrogens with zero attached hydrogens (tertiary/aromatic N) is 4. The number of carbonyl (C=O) groups excluding carboxylic acids is 1. The van der Waals surface area contributed by atoms with Crippen molar-refractivity contribution in [1.29, 1.82) is 0 Å². The van der Waals surface area contributed by atoms with Gasteiger partial charge in [-0.15, -0.1) is 0 Å². The van der Waals surface area contributed by atoms with E-state index in [0.29, 0.717) is 37.1 Å². The van der Waals surface area contributed by atoms with Crippen molar-refractivity contribution in [3.05, 3.63) is 45.1 Å². The van der Waals surface area contributed by atoms with Crippen molar-refractivity contribution in [2.24, 2.45) is 5.73 Å². The first-order chi connectivity index (χ1) is 15.8. The highest BCUT2D eigenvalue weighted by Gasteiger charge is 2.23. The molecular weight excluding hydrogens is 560 g/mol. The molecular formula is C20H20Br2N8O3. The molecule has 33 heavy (non-hydrogen) atoms. The topological polar surface area (TPSA) is 176 Å². The van der Waals surface area contributed by atoms with Gasteiger partial charge in [0.1, 0.15) is 25.8 Å². The van der Waals surface area contributed by atoms with Crippen molar-refractivity contribution in [2.75, 3.05) is 0 Å². The predicted octanol–water partition coefficient (Wildman–Crippen LogP) is 3.14. The second-order valence-corrected chi connectivity index (χ2v) is 9.21. The molecule has 172 valence electrons. The molecule has 2 unspecified atom stereocenters. The zero-order chi connectivity index (χ0) is 23.5. The van der Waals surface area contributed by atoms with Gasteiger partial charge in [-0.25, -0.2) is 24.7 Å². The summed E-state index contributed by atoms with van der Waals surface area (Å²) in [4.78, 5) is 45.2. The Balaban J connectivity index is 0.000000172. The van der Waals surface area contributed by atoms with E-state index >= 15 is 0 Å². The first-order valence-corrected chi connectivity index (χ1v) is 11.7. The van der Waals surface area contributed by atoms with Crippen LogP contribution >= 0.6 is 31.9 Å². The minimum absolute atomic E-state index is 0.122. The molecule has 0 aromatic carbocycles. The van der Waals surface area contributed by atoms with Crippen molar-refractivity contribution in [1.82, 2.24) is 35.2 Å². The largest absolute Gasteiger partial charge is 0.478 e. The van der Waals surface area contributed by atoms with Crippen molar-refractivity contribution >= 4 is 66.1 Å². The van der Waals surface area contributed by atoms with E-state index in [4.69, 9.17) is 10.8 Å². The molecule has 5 rings (SSSR count). The van der Waals surface area contributed by atoms with Crippen LogP contribution < -0.4 is 11.1 Å². The maximum atomic E-state index is 12.4. The number of aromatic carboxylic acids is 1. The predicted molar refractivity (Wildman–Crippen MR) is 128 cm³/mol. The average Bonchev–Trinajstić information content (AvgIpc) is 3.37. The summed E-state index contributed by atoms with van der Waals surface area (Å²) in [6.45, 7) is 0. The van der Waals surface area contributed by atoms with Gasteiger partial charge in [0.2, 0.25) is 0 Å². The van der Waals surface area contributed by atoms with Crippen molar-refractivity contribution in [2.45, 2.75) is 37.8 Å². The molecule has 0 spiro atoms. The molecule has 0 bridgehead atoms. The quantitative estimate of drug-likeness (QED) is 0.246. The third-order valence-electron chi connectivity index (χ3n) is 5.23. The van der Waals surface area contributed by atoms with Gasteiger partial charge in [-0.2, -0.15) is 0 Å². The summed E-state index contributed by atoms with van der Waals surface area (Å²) >= 11 is 6.39. The molecule has 1 aliphatic carbocycles. The van der Waals surface area contributed by atoms with Gasteiger partial charge in [0.15, 0.2) is 11.3 Å². The van der Waals surface area contributed by atoms with Crippen LogP contribution in [-0.4, -0.2) is 59.0 Å². The molecule has 4 aromatic heterocycles. The number of hydrogen-bond acceptors (Lipinski definition) is 7. The van der Waals surface area contributed by atoms with Crippen LogP contribution in [0.15, 0.2) is 34.0 Å². The summed E-state index contributed by atoms with van der Waals surface area (Å²) in [5.74, 6) is -1.14. The molecule has 4 aromatic rings. The lowest BCUT2D eigenvalue weighted by Gasteiger charge is -2.27. The molecule has 6 N–H and O–H groups in total. The molecule has 1 saturated carbocycles. The third kappa shape index (κ3) is 5.37. The van der Waals surface area contributed by atoms with Gasteiger partial charge < -0.3 is 26.1 Å². The highest BCUT2D eigenvalue weighted by atomic mass is 79.9. The van der Waals surface area contributed by atoms with E-state index in [1.165, 1.54) is 12.4 Å². The highest BCUT2D eigenvalue weighted by Crippen LogP contribution is 2.20. The Hall–Kier alpha value is -2.90. The molecule has 1 amide bonds. The van der Waals surface area contributed by atoms with Crippen molar-refractivity contribution in [3.8, 4) is 0 Å². The number of carboxylic acids is 1. The van der Waals surface area contributed by atoms with Gasteiger partial charge in [-0.3, -0.25) is 4.79 Å². The third-order valence-corrected chi connectivity index (χ3v) is 5.99. The van der Waals surface area contributed by atoms with Gasteiger partial charge in [-0.05, 0) is 57.5 Å². The summed E-state index contributed by atoms with van der Waals surface area (Å²) < 4.78 is 1.13. The maximum Gasteiger partial charge on any atom is 0.339 e. The Kier molecular flexibility index (Phi) is 7.00. The lowest BCUT2D eigenvalue weighted by atomic mass is 9.91. The maximum absolute atomic E-state index is 12.4. The van der Waals surface area contributed by atoms with E-state index in [1.807, 2.05) is 0 Å². The van der Waals surface area contributed by atoms with Crippen LogP contribution in [0.4, 0.5) is 0 Å². The van der Waals surface area contributed by atoms with Crippen LogP contribution in [0.1, 0.15) is 46.4 Å². The monoisotopic (exact) mass is 578 g/mol. The number of aromatic amines is 2. The molecule has 0 aliphatic heterocycles. The Bertz CT molecular complexity index is 1320. The van der Waals surface area contributed by atoms with E-state index in [-0.39, 0.29) is 23.6 Å². The number of carboxylic acid groups (broad SMARTS) is 1. The minimum Gasteiger partial charge on any atom is -0.478 e. The Labute approximate surface area is 204 Å². The number of fused-ring (bicyclic) bond motifs is 2. The number of aromatic nitrogens is 6. The molecule has 1 fully saturated rings. The van der Waals surface area contributed by atoms with E-state index < -0.39 is 5.97 Å². The number of hydrogen-bond donors (Lipinski definition) is 5. The zero-order valence-electron chi connectivity index (χ0n) is 17.2. The first kappa shape index (κ1) is 23.3. The summed E-state index contributed by atoms with van der Waals surface area (Å²) in [6.07, 6.45) is 10.0. The number of carbonyl (C=O) groups is 2. The van der Waals surface area contributed by atoms with Crippen LogP contribution in [-0.2, 0) is 0 Å². The second kappa shape index (κ2) is 9.93. The Morgan fingerprint density at radius 3 is 2.15 bits per heavy atom. The molecule has 0 saturated heterocycles. The van der Waals surface area contributed by atoms with Crippen LogP contribution in [0.3, 0.4) is 0 Å². The summed E-state index contributed by atoms with van der Waals surface area (Å²) in [6, 6.07) is 0.335. The van der Waals surface area contributed by atoms with Crippen molar-refractivity contribution in [3.63, 3.8) is 0 Å². The molecule has 0 radical (unpaired) electrons. The van der Waals surface area contributed by atoms with E-state index in [0.717, 1.165) is 25.7 Å². The summed E-state index contributed by atoms with van der Waals surface area (Å²) in [5.41, 5.74) is 8.62. The van der Waals surface area contributed by atoms with Gasteiger partial charge in [-0.1, -0.05) is 0 Å². The molecule has 2 atom stereocenters. The molecule has 1 aliphatic rings. The van der Waals surface area contributed by atoms with E-state index in [1.54, 1.807) is 12.4 Å². The number of amides is 1. The molecule has 4 heterocycles. The SMILES string of the molecule is NC1CCCC(NC(=O)c2c[nH]c3ncc(Br)nc23)C1.O=C(O)c1c[nH]c2ncc(Br)nc12. The highest BCUT2D eigenvalue weighted by molar-refractivity contribution is 9.10. The fourth-order valence-corrected chi connectivity index (χ4v) is 4.26. The first-order valence-electron chi connectivity index (χ1n) is 10.1. The van der Waals surface area contributed by atoms with Crippen LogP contribution in [0.2, 0.25) is 0 Å². The number of rotatable bonds is 3. The lowest BCUT2D eigenvalue weighted by molar-refractivity contribution is 0.0698. The van der Waals surface area contributed by atoms with Crippen molar-refractivity contribution < 1.29 is 14.7 Å². The number of H-pyrrole nitrogens is 2. The van der Waals surface area contributed by atoms with Crippen LogP contribution in [0.25, 0.3) is 22.3 Å². The summed E-state index contributed by atoms with van der Waals surface area (Å²) in [5, 5.41) is 11.8. The number of halogens is 2. The normalized spacial score (nSPS) is 18.0. The standard InChI is InChI=1S/C13H16BrN5O.C7H4BrN3O2/c14-10-6-17-12-11(19-10)9(5-16-12)13(20)18-8-3-1-2-7(15)4-8;8-4-2-10-6-5(11-4)3(1-9-6)7(12)13/h5-8H,1-4,15H2,(H,16,17)(H,18,20);1-2H,(H,9,10)(H,12,13). The zero-order valence-corrected chi connectivity index (χ0v) is 20.4. The smallest absolute Gasteiger partial charge is 0.339 e. The average molecular weight is 580 g/mol. The second-order valence-electron chi connectivity index (χ2n) is 7.59. The molecule has 13 heteroatoms. The Morgan fingerprint density at radius 2 is 1.58 bits per heavy atom. The van der Waals surface area contributed by atoms with E-state index in [2.05, 4.69) is 67.1 Å². The van der Waals surface area contributed by atoms with Gasteiger partial charge >= 0.3 is 5.97 Å². The van der Waals surface area contributed by atoms with Gasteiger partial charge in [0.05, 0.1) is 18.0 Å². The number of nitrogens with one attached hydrogen (secondary N) is 3. The lowest BCUT2D eigenvalue weighted by Crippen LogP contribution is -2.42. The fourth-order valence-electron chi connectivity index (χ4n) is 3.70. The van der Waals surface area contributed by atoms with Crippen LogP contribution in [0.5, 0.6) is 0 Å². The Morgan fingerprint density at radius 1 is 1.00 bits per heavy atom. The van der Waals surface area contributed by atoms with Crippen LogP contribution in [0, 0.1) is 0 Å². The summed E-state index contributed by atoms with van der Waals surface area (Å²) in [7, 11) is 0. The molecule has 11 nitrogen and oxygen atoms in total. The number of nitrogens with two attached hydrogens (primary N) is 1. The van der Waals surface area contributed by atoms with Gasteiger partial charge in [0.25, 0.3) is 5.91 Å². The fraction of sp³-hybridized carbons (Fsp3) is 0.300. The van der Waals surface area contributed by atoms with E-state index in [9.17, 15) is 9.59 Å².